The molecule has 0 N–H and O–H groups in total. The van der Waals surface area contributed by atoms with Crippen molar-refractivity contribution < 1.29 is 4.42 Å². The Morgan fingerprint density at radius 3 is 1.51 bits per heavy atom. The zero-order valence-corrected chi connectivity index (χ0v) is 37.3. The lowest BCUT2D eigenvalue weighted by Crippen LogP contribution is -2.40. The highest BCUT2D eigenvalue weighted by Gasteiger charge is 2.51. The molecule has 0 saturated heterocycles. The molecule has 2 aromatic heterocycles. The number of nitrogens with zero attached hydrogens (tertiary/aromatic N) is 5. The first-order valence-corrected chi connectivity index (χ1v) is 23.4. The van der Waals surface area contributed by atoms with Crippen molar-refractivity contribution in [2.24, 2.45) is 0 Å². The van der Waals surface area contributed by atoms with E-state index in [4.69, 9.17) is 14.4 Å². The van der Waals surface area contributed by atoms with Crippen LogP contribution in [-0.2, 0) is 5.41 Å². The first kappa shape index (κ1) is 39.0. The van der Waals surface area contributed by atoms with Crippen molar-refractivity contribution in [3.8, 4) is 11.1 Å². The molecule has 0 amide bonds. The summed E-state index contributed by atoms with van der Waals surface area (Å²) in [4.78, 5) is 18.3. The van der Waals surface area contributed by atoms with E-state index < -0.39 is 5.41 Å². The van der Waals surface area contributed by atoms with E-state index in [1.807, 2.05) is 6.07 Å². The van der Waals surface area contributed by atoms with E-state index in [2.05, 4.69) is 257 Å². The third kappa shape index (κ3) is 5.85. The molecule has 1 aliphatic heterocycles. The Kier molecular flexibility index (Phi) is 8.70. The second-order valence-corrected chi connectivity index (χ2v) is 17.7. The molecule has 1 spiro atoms. The zero-order valence-electron chi connectivity index (χ0n) is 37.3. The third-order valence-electron chi connectivity index (χ3n) is 14.0. The highest BCUT2D eigenvalue weighted by Crippen LogP contribution is 2.63. The first-order valence-electron chi connectivity index (χ1n) is 23.4. The minimum atomic E-state index is -0.763. The van der Waals surface area contributed by atoms with Crippen LogP contribution in [0.1, 0.15) is 22.3 Å². The predicted octanol–water partition coefficient (Wildman–Crippen LogP) is 16.6. The van der Waals surface area contributed by atoms with Gasteiger partial charge in [-0.25, -0.2) is 0 Å². The summed E-state index contributed by atoms with van der Waals surface area (Å²) in [5.41, 5.74) is 13.9. The lowest BCUT2D eigenvalue weighted by atomic mass is 9.57. The maximum atomic E-state index is 6.85. The fourth-order valence-electron chi connectivity index (χ4n) is 11.2. The van der Waals surface area contributed by atoms with Crippen LogP contribution in [0.3, 0.4) is 0 Å². The molecule has 0 saturated carbocycles. The molecule has 12 aromatic rings. The molecule has 3 heterocycles. The van der Waals surface area contributed by atoms with Gasteiger partial charge in [0.2, 0.25) is 5.95 Å². The van der Waals surface area contributed by atoms with Gasteiger partial charge in [-0.15, -0.1) is 0 Å². The van der Waals surface area contributed by atoms with E-state index in [0.717, 1.165) is 67.2 Å². The predicted molar refractivity (Wildman–Crippen MR) is 282 cm³/mol. The first-order chi connectivity index (χ1) is 34.2. The maximum absolute atomic E-state index is 6.85. The Hall–Kier alpha value is -9.26. The van der Waals surface area contributed by atoms with Gasteiger partial charge in [0.25, 0.3) is 0 Å². The Morgan fingerprint density at radius 2 is 0.870 bits per heavy atom. The van der Waals surface area contributed by atoms with Crippen molar-refractivity contribution in [3.63, 3.8) is 0 Å². The summed E-state index contributed by atoms with van der Waals surface area (Å²) in [5, 5.41) is 4.53. The van der Waals surface area contributed by atoms with E-state index in [1.54, 1.807) is 0 Å². The average molecular weight is 884 g/mol. The molecule has 6 nitrogen and oxygen atoms in total. The van der Waals surface area contributed by atoms with Crippen molar-refractivity contribution in [3.05, 3.63) is 271 Å². The van der Waals surface area contributed by atoms with Crippen molar-refractivity contribution in [1.82, 2.24) is 9.97 Å². The molecule has 6 heteroatoms. The Morgan fingerprint density at radius 1 is 0.362 bits per heavy atom. The van der Waals surface area contributed by atoms with Crippen LogP contribution in [0.15, 0.2) is 253 Å². The highest BCUT2D eigenvalue weighted by molar-refractivity contribution is 6.11. The highest BCUT2D eigenvalue weighted by atomic mass is 16.3. The average Bonchev–Trinajstić information content (AvgIpc) is 3.78. The summed E-state index contributed by atoms with van der Waals surface area (Å²) in [6, 6.07) is 88.3. The van der Waals surface area contributed by atoms with Gasteiger partial charge in [0, 0.05) is 39.6 Å². The van der Waals surface area contributed by atoms with Crippen molar-refractivity contribution in [2.45, 2.75) is 5.41 Å². The van der Waals surface area contributed by atoms with Crippen LogP contribution >= 0.6 is 0 Å². The van der Waals surface area contributed by atoms with Crippen LogP contribution in [0.4, 0.5) is 51.7 Å². The minimum Gasteiger partial charge on any atom is -0.456 e. The smallest absolute Gasteiger partial charge is 0.238 e. The van der Waals surface area contributed by atoms with Crippen molar-refractivity contribution in [1.29, 1.82) is 0 Å². The van der Waals surface area contributed by atoms with Crippen LogP contribution in [0.5, 0.6) is 0 Å². The van der Waals surface area contributed by atoms with Gasteiger partial charge in [0.05, 0.1) is 16.8 Å². The molecule has 324 valence electrons. The summed E-state index contributed by atoms with van der Waals surface area (Å²) in [6.45, 7) is 0. The lowest BCUT2D eigenvalue weighted by Gasteiger charge is -2.48. The molecule has 0 bridgehead atoms. The van der Waals surface area contributed by atoms with Crippen LogP contribution in [0.25, 0.3) is 43.8 Å². The normalized spacial score (nSPS) is 14.4. The van der Waals surface area contributed by atoms with Crippen LogP contribution < -0.4 is 14.7 Å². The van der Waals surface area contributed by atoms with E-state index in [-0.39, 0.29) is 0 Å². The summed E-state index contributed by atoms with van der Waals surface area (Å²) >= 11 is 0. The standard InChI is InChI=1S/C63H41N5O/c1-5-23-43(24-6-1)66(44-25-7-2-8-26-44)59-41-60(67(45-27-9-3-10-28-45)46-29-11-4-12-30-46)65-62(64-59)68-55-37-17-16-35-52(55)63(54-40-58-50(39-56(54)68)48-32-14-18-38-57(48)69-58)51-34-15-13-31-47(51)49-33-19-21-42-22-20-36-53(63)61(42)49/h1-41H. The van der Waals surface area contributed by atoms with Crippen LogP contribution in [0.2, 0.25) is 0 Å². The number of fused-ring (bicyclic) bond motifs is 11. The minimum absolute atomic E-state index is 0.523. The fourth-order valence-corrected chi connectivity index (χ4v) is 11.2. The molecular weight excluding hydrogens is 843 g/mol. The van der Waals surface area contributed by atoms with Crippen molar-refractivity contribution >= 4 is 84.4 Å². The van der Waals surface area contributed by atoms with Gasteiger partial charge >= 0.3 is 0 Å². The lowest BCUT2D eigenvalue weighted by molar-refractivity contribution is 0.664. The van der Waals surface area contributed by atoms with E-state index >= 15 is 0 Å². The number of aromatic nitrogens is 2. The molecule has 69 heavy (non-hydrogen) atoms. The van der Waals surface area contributed by atoms with Gasteiger partial charge < -0.3 is 4.42 Å². The van der Waals surface area contributed by atoms with Crippen LogP contribution in [-0.4, -0.2) is 9.97 Å². The Bertz CT molecular complexity index is 3750. The Labute approximate surface area is 399 Å². The number of benzene rings is 10. The summed E-state index contributed by atoms with van der Waals surface area (Å²) in [6.07, 6.45) is 0. The number of anilines is 9. The number of hydrogen-bond acceptors (Lipinski definition) is 6. The SMILES string of the molecule is c1ccc(N(c2ccccc2)c2cc(N(c3ccccc3)c3ccccc3)nc(N3c4ccccc4C4(c5ccccc5-c5cccc6cccc4c56)c4cc5oc6ccccc6c5cc43)n2)cc1. The fraction of sp³-hybridized carbons (Fsp3) is 0.0159. The molecule has 1 aliphatic carbocycles. The van der Waals surface area contributed by atoms with Gasteiger partial charge in [0.15, 0.2) is 0 Å². The largest absolute Gasteiger partial charge is 0.456 e. The number of furan rings is 1. The monoisotopic (exact) mass is 883 g/mol. The molecule has 0 radical (unpaired) electrons. The maximum Gasteiger partial charge on any atom is 0.238 e. The molecule has 1 atom stereocenters. The zero-order chi connectivity index (χ0) is 45.5. The van der Waals surface area contributed by atoms with E-state index in [9.17, 15) is 0 Å². The quantitative estimate of drug-likeness (QED) is 0.159. The molecule has 0 fully saturated rings. The van der Waals surface area contributed by atoms with Crippen molar-refractivity contribution in [2.75, 3.05) is 14.7 Å². The Balaban J connectivity index is 1.13. The number of para-hydroxylation sites is 6. The van der Waals surface area contributed by atoms with E-state index in [0.29, 0.717) is 17.6 Å². The van der Waals surface area contributed by atoms with E-state index in [1.165, 1.54) is 33.0 Å². The molecular formula is C63H41N5O. The van der Waals surface area contributed by atoms with Gasteiger partial charge in [-0.3, -0.25) is 14.7 Å². The van der Waals surface area contributed by atoms with Crippen LogP contribution in [0, 0.1) is 0 Å². The molecule has 1 unspecified atom stereocenters. The van der Waals surface area contributed by atoms with Gasteiger partial charge in [-0.1, -0.05) is 170 Å². The topological polar surface area (TPSA) is 48.6 Å². The molecule has 2 aliphatic rings. The number of rotatable bonds is 7. The summed E-state index contributed by atoms with van der Waals surface area (Å²) < 4.78 is 6.85. The summed E-state index contributed by atoms with van der Waals surface area (Å²) in [5.74, 6) is 1.94. The summed E-state index contributed by atoms with van der Waals surface area (Å²) in [7, 11) is 0. The second kappa shape index (κ2) is 15.4. The molecule has 10 aromatic carbocycles. The van der Waals surface area contributed by atoms with Gasteiger partial charge in [-0.05, 0) is 117 Å². The second-order valence-electron chi connectivity index (χ2n) is 17.7. The number of hydrogen-bond donors (Lipinski definition) is 0. The third-order valence-corrected chi connectivity index (χ3v) is 14.0. The van der Waals surface area contributed by atoms with Gasteiger partial charge in [0.1, 0.15) is 22.8 Å². The van der Waals surface area contributed by atoms with Gasteiger partial charge in [-0.2, -0.15) is 9.97 Å². The molecule has 14 rings (SSSR count).